The molecule has 1 atom stereocenters. The summed E-state index contributed by atoms with van der Waals surface area (Å²) >= 11 is 7.99. The molecule has 0 saturated carbocycles. The van der Waals surface area contributed by atoms with Crippen LogP contribution in [0.5, 0.6) is 0 Å². The predicted molar refractivity (Wildman–Crippen MR) is 86.6 cm³/mol. The van der Waals surface area contributed by atoms with Crippen molar-refractivity contribution in [2.75, 3.05) is 12.8 Å². The average Bonchev–Trinajstić information content (AvgIpc) is 2.71. The Kier molecular flexibility index (Phi) is 5.67. The molecule has 0 radical (unpaired) electrons. The Morgan fingerprint density at radius 3 is 2.57 bits per heavy atom. The molecule has 0 bridgehead atoms. The molecule has 114 valence electrons. The molecule has 0 saturated heterocycles. The molecule has 0 spiro atoms. The van der Waals surface area contributed by atoms with E-state index in [1.165, 1.54) is 12.1 Å². The number of nitrogens with one attached hydrogen (secondary N) is 1. The van der Waals surface area contributed by atoms with Crippen LogP contribution >= 0.6 is 23.4 Å². The van der Waals surface area contributed by atoms with Crippen molar-refractivity contribution in [2.45, 2.75) is 24.3 Å². The smallest absolute Gasteiger partial charge is 0.123 e. The molecule has 3 nitrogen and oxygen atoms in total. The summed E-state index contributed by atoms with van der Waals surface area (Å²) in [5.74, 6) is 0.671. The van der Waals surface area contributed by atoms with E-state index in [2.05, 4.69) is 10.4 Å². The summed E-state index contributed by atoms with van der Waals surface area (Å²) < 4.78 is 14.7. The fraction of sp³-hybridized carbons (Fsp3) is 0.400. The zero-order valence-electron chi connectivity index (χ0n) is 12.4. The van der Waals surface area contributed by atoms with Crippen LogP contribution in [-0.2, 0) is 13.5 Å². The number of rotatable bonds is 6. The van der Waals surface area contributed by atoms with Gasteiger partial charge >= 0.3 is 0 Å². The molecule has 0 fully saturated rings. The molecule has 2 aromatic rings. The monoisotopic (exact) mass is 327 g/mol. The summed E-state index contributed by atoms with van der Waals surface area (Å²) in [5.41, 5.74) is 1.89. The van der Waals surface area contributed by atoms with Crippen molar-refractivity contribution in [3.8, 4) is 0 Å². The van der Waals surface area contributed by atoms with Crippen molar-refractivity contribution in [3.63, 3.8) is 0 Å². The molecule has 0 amide bonds. The van der Waals surface area contributed by atoms with Gasteiger partial charge in [0.15, 0.2) is 0 Å². The van der Waals surface area contributed by atoms with Crippen LogP contribution in [0.25, 0.3) is 0 Å². The summed E-state index contributed by atoms with van der Waals surface area (Å²) in [7, 11) is 3.85. The summed E-state index contributed by atoms with van der Waals surface area (Å²) in [6, 6.07) is 6.84. The second-order valence-electron chi connectivity index (χ2n) is 4.92. The van der Waals surface area contributed by atoms with Crippen molar-refractivity contribution in [1.82, 2.24) is 15.1 Å². The van der Waals surface area contributed by atoms with Crippen LogP contribution in [0.1, 0.15) is 11.4 Å². The van der Waals surface area contributed by atoms with Gasteiger partial charge in [-0.3, -0.25) is 4.68 Å². The normalized spacial score (nSPS) is 12.6. The minimum atomic E-state index is -0.207. The van der Waals surface area contributed by atoms with E-state index >= 15 is 0 Å². The molecule has 1 unspecified atom stereocenters. The lowest BCUT2D eigenvalue weighted by Gasteiger charge is -2.16. The number of benzene rings is 1. The first kappa shape index (κ1) is 16.3. The SMILES string of the molecule is CNC(CSc1ccc(F)cc1)Cc1c(Cl)c(C)nn1C. The van der Waals surface area contributed by atoms with Gasteiger partial charge < -0.3 is 5.32 Å². The van der Waals surface area contributed by atoms with Crippen LogP contribution in [0.15, 0.2) is 29.2 Å². The summed E-state index contributed by atoms with van der Waals surface area (Å²) in [5, 5.41) is 8.38. The Hall–Kier alpha value is -1.04. The molecule has 2 rings (SSSR count). The molecular weight excluding hydrogens is 309 g/mol. The summed E-state index contributed by atoms with van der Waals surface area (Å²) in [6.07, 6.45) is 0.806. The predicted octanol–water partition coefficient (Wildman–Crippen LogP) is 3.44. The molecule has 1 aromatic carbocycles. The van der Waals surface area contributed by atoms with Crippen molar-refractivity contribution in [1.29, 1.82) is 0 Å². The zero-order valence-corrected chi connectivity index (χ0v) is 13.9. The van der Waals surface area contributed by atoms with Crippen LogP contribution in [0, 0.1) is 12.7 Å². The van der Waals surface area contributed by atoms with Crippen molar-refractivity contribution in [3.05, 3.63) is 46.5 Å². The number of aryl methyl sites for hydroxylation is 2. The van der Waals surface area contributed by atoms with E-state index in [1.54, 1.807) is 23.9 Å². The van der Waals surface area contributed by atoms with Crippen LogP contribution in [0.2, 0.25) is 5.02 Å². The van der Waals surface area contributed by atoms with Gasteiger partial charge in [0.25, 0.3) is 0 Å². The average molecular weight is 328 g/mol. The van der Waals surface area contributed by atoms with Gasteiger partial charge in [0.05, 0.1) is 16.4 Å². The Bertz CT molecular complexity index is 598. The van der Waals surface area contributed by atoms with E-state index in [-0.39, 0.29) is 11.9 Å². The lowest BCUT2D eigenvalue weighted by atomic mass is 10.2. The molecule has 0 aliphatic heterocycles. The van der Waals surface area contributed by atoms with Gasteiger partial charge in [-0.15, -0.1) is 11.8 Å². The highest BCUT2D eigenvalue weighted by Crippen LogP contribution is 2.23. The van der Waals surface area contributed by atoms with Crippen LogP contribution in [0.4, 0.5) is 4.39 Å². The number of hydrogen-bond acceptors (Lipinski definition) is 3. The van der Waals surface area contributed by atoms with E-state index in [1.807, 2.05) is 25.7 Å². The number of aromatic nitrogens is 2. The number of halogens is 2. The summed E-state index contributed by atoms with van der Waals surface area (Å²) in [6.45, 7) is 1.91. The largest absolute Gasteiger partial charge is 0.316 e. The lowest BCUT2D eigenvalue weighted by Crippen LogP contribution is -2.31. The molecule has 21 heavy (non-hydrogen) atoms. The first-order valence-corrected chi connectivity index (χ1v) is 8.11. The fourth-order valence-electron chi connectivity index (χ4n) is 2.11. The minimum absolute atomic E-state index is 0.207. The quantitative estimate of drug-likeness (QED) is 0.824. The van der Waals surface area contributed by atoms with E-state index in [0.29, 0.717) is 0 Å². The number of nitrogens with zero attached hydrogens (tertiary/aromatic N) is 2. The van der Waals surface area contributed by atoms with Crippen molar-refractivity contribution in [2.24, 2.45) is 7.05 Å². The van der Waals surface area contributed by atoms with Gasteiger partial charge in [-0.2, -0.15) is 5.10 Å². The Labute approximate surface area is 133 Å². The van der Waals surface area contributed by atoms with Gasteiger partial charge in [-0.05, 0) is 38.2 Å². The second-order valence-corrected chi connectivity index (χ2v) is 6.40. The molecule has 0 aliphatic rings. The molecule has 1 aromatic heterocycles. The number of likely N-dealkylation sites (N-methyl/N-ethyl adjacent to an activating group) is 1. The van der Waals surface area contributed by atoms with Gasteiger partial charge in [-0.25, -0.2) is 4.39 Å². The van der Waals surface area contributed by atoms with Crippen LogP contribution < -0.4 is 5.32 Å². The van der Waals surface area contributed by atoms with E-state index in [4.69, 9.17) is 11.6 Å². The first-order chi connectivity index (χ1) is 10.0. The second kappa shape index (κ2) is 7.29. The molecule has 6 heteroatoms. The Morgan fingerprint density at radius 2 is 2.05 bits per heavy atom. The summed E-state index contributed by atoms with van der Waals surface area (Å²) in [4.78, 5) is 1.06. The Balaban J connectivity index is 1.98. The topological polar surface area (TPSA) is 29.9 Å². The third kappa shape index (κ3) is 4.22. The van der Waals surface area contributed by atoms with Gasteiger partial charge in [-0.1, -0.05) is 11.6 Å². The first-order valence-electron chi connectivity index (χ1n) is 6.75. The molecular formula is C15H19ClFN3S. The molecule has 1 heterocycles. The standard InChI is InChI=1S/C15H19ClFN3S/c1-10-15(16)14(20(3)19-10)8-12(18-2)9-21-13-6-4-11(17)5-7-13/h4-7,12,18H,8-9H2,1-3H3. The molecule has 0 aliphatic carbocycles. The highest BCUT2D eigenvalue weighted by Gasteiger charge is 2.16. The maximum absolute atomic E-state index is 12.9. The highest BCUT2D eigenvalue weighted by molar-refractivity contribution is 7.99. The van der Waals surface area contributed by atoms with E-state index in [9.17, 15) is 4.39 Å². The van der Waals surface area contributed by atoms with Gasteiger partial charge in [0.2, 0.25) is 0 Å². The maximum Gasteiger partial charge on any atom is 0.123 e. The van der Waals surface area contributed by atoms with Crippen LogP contribution in [-0.4, -0.2) is 28.6 Å². The Morgan fingerprint density at radius 1 is 1.38 bits per heavy atom. The maximum atomic E-state index is 12.9. The third-order valence-corrected chi connectivity index (χ3v) is 5.04. The lowest BCUT2D eigenvalue weighted by molar-refractivity contribution is 0.582. The number of hydrogen-bond donors (Lipinski definition) is 1. The van der Waals surface area contributed by atoms with Crippen LogP contribution in [0.3, 0.4) is 0 Å². The van der Waals surface area contributed by atoms with Gasteiger partial charge in [0, 0.05) is 30.2 Å². The number of thioether (sulfide) groups is 1. The fourth-order valence-corrected chi connectivity index (χ4v) is 3.35. The zero-order chi connectivity index (χ0) is 15.4. The minimum Gasteiger partial charge on any atom is -0.316 e. The molecule has 1 N–H and O–H groups in total. The van der Waals surface area contributed by atoms with Crippen molar-refractivity contribution < 1.29 is 4.39 Å². The van der Waals surface area contributed by atoms with Crippen molar-refractivity contribution >= 4 is 23.4 Å². The van der Waals surface area contributed by atoms with Gasteiger partial charge in [0.1, 0.15) is 5.82 Å². The van der Waals surface area contributed by atoms with E-state index < -0.39 is 0 Å². The highest BCUT2D eigenvalue weighted by atomic mass is 35.5. The van der Waals surface area contributed by atoms with E-state index in [0.717, 1.165) is 33.5 Å². The third-order valence-electron chi connectivity index (χ3n) is 3.37.